The number of hydrogen-bond donors (Lipinski definition) is 2. The number of nitrogens with zero attached hydrogens (tertiary/aromatic N) is 2. The zero-order valence-electron chi connectivity index (χ0n) is 13.0. The van der Waals surface area contributed by atoms with Crippen LogP contribution in [0.2, 0.25) is 5.02 Å². The minimum absolute atomic E-state index is 0.00112. The molecule has 0 fully saturated rings. The summed E-state index contributed by atoms with van der Waals surface area (Å²) < 4.78 is 5.58. The molecule has 0 bridgehead atoms. The number of H-pyrrole nitrogens is 1. The van der Waals surface area contributed by atoms with Crippen LogP contribution in [0, 0.1) is 0 Å². The molecule has 2 aromatic heterocycles. The van der Waals surface area contributed by atoms with Gasteiger partial charge < -0.3 is 10.2 Å². The van der Waals surface area contributed by atoms with Gasteiger partial charge in [0, 0.05) is 10.6 Å². The molecule has 2 aromatic carbocycles. The van der Waals surface area contributed by atoms with E-state index < -0.39 is 0 Å². The largest absolute Gasteiger partial charge is 0.440 e. The quantitative estimate of drug-likeness (QED) is 0.543. The molecule has 4 rings (SSSR count). The average Bonchev–Trinajstić information content (AvgIpc) is 3.18. The van der Waals surface area contributed by atoms with Gasteiger partial charge >= 0.3 is 0 Å². The fourth-order valence-electron chi connectivity index (χ4n) is 2.61. The number of rotatable bonds is 4. The Morgan fingerprint density at radius 2 is 1.92 bits per heavy atom. The Morgan fingerprint density at radius 1 is 1.16 bits per heavy atom. The summed E-state index contributed by atoms with van der Waals surface area (Å²) in [6, 6.07) is 14.4. The van der Waals surface area contributed by atoms with Gasteiger partial charge in [0.05, 0.1) is 12.1 Å². The lowest BCUT2D eigenvalue weighted by atomic mass is 10.1. The van der Waals surface area contributed by atoms with Crippen LogP contribution in [0.1, 0.15) is 16.4 Å². The lowest BCUT2D eigenvalue weighted by molar-refractivity contribution is 0.0982. The van der Waals surface area contributed by atoms with Crippen molar-refractivity contribution in [1.82, 2.24) is 15.2 Å². The van der Waals surface area contributed by atoms with Crippen LogP contribution in [0.25, 0.3) is 22.4 Å². The van der Waals surface area contributed by atoms with Crippen LogP contribution in [-0.4, -0.2) is 21.0 Å². The van der Waals surface area contributed by atoms with Crippen LogP contribution < -0.4 is 5.73 Å². The Labute approximate surface area is 147 Å². The van der Waals surface area contributed by atoms with Crippen molar-refractivity contribution in [2.45, 2.75) is 6.42 Å². The number of Topliss-reactive ketones (excluding diaryl/α,β-unsaturated/α-hetero) is 1. The van der Waals surface area contributed by atoms with E-state index in [4.69, 9.17) is 21.8 Å². The highest BCUT2D eigenvalue weighted by atomic mass is 35.5. The number of hydrogen-bond acceptors (Lipinski definition) is 5. The Hall–Kier alpha value is -3.12. The van der Waals surface area contributed by atoms with Gasteiger partial charge in [0.15, 0.2) is 11.4 Å². The maximum Gasteiger partial charge on any atom is 0.203 e. The zero-order valence-corrected chi connectivity index (χ0v) is 13.7. The molecule has 0 radical (unpaired) electrons. The van der Waals surface area contributed by atoms with Gasteiger partial charge in [0.25, 0.3) is 0 Å². The number of carbonyl (C=O) groups excluding carboxylic acids is 1. The van der Waals surface area contributed by atoms with E-state index in [9.17, 15) is 4.79 Å². The van der Waals surface area contributed by atoms with Crippen LogP contribution >= 0.6 is 11.6 Å². The number of nitrogens with one attached hydrogen (secondary N) is 1. The summed E-state index contributed by atoms with van der Waals surface area (Å²) in [7, 11) is 0. The second-order valence-corrected chi connectivity index (χ2v) is 5.98. The van der Waals surface area contributed by atoms with Crippen molar-refractivity contribution >= 4 is 34.2 Å². The van der Waals surface area contributed by atoms with Gasteiger partial charge in [-0.05, 0) is 24.3 Å². The second kappa shape index (κ2) is 6.07. The normalized spacial score (nSPS) is 11.1. The number of benzene rings is 2. The number of halogens is 1. The van der Waals surface area contributed by atoms with Crippen LogP contribution in [0.15, 0.2) is 52.9 Å². The summed E-state index contributed by atoms with van der Waals surface area (Å²) in [5.41, 5.74) is 9.29. The van der Waals surface area contributed by atoms with Gasteiger partial charge in [-0.25, -0.2) is 4.98 Å². The van der Waals surface area contributed by atoms with Crippen molar-refractivity contribution in [2.75, 3.05) is 5.73 Å². The molecule has 2 heterocycles. The fourth-order valence-corrected chi connectivity index (χ4v) is 2.74. The summed E-state index contributed by atoms with van der Waals surface area (Å²) >= 11 is 5.89. The molecule has 0 saturated carbocycles. The van der Waals surface area contributed by atoms with E-state index >= 15 is 0 Å². The maximum atomic E-state index is 12.5. The number of para-hydroxylation sites is 2. The van der Waals surface area contributed by atoms with Crippen LogP contribution in [0.5, 0.6) is 0 Å². The molecule has 0 spiro atoms. The number of aromatic amines is 1. The molecule has 4 aromatic rings. The van der Waals surface area contributed by atoms with Crippen LogP contribution in [0.4, 0.5) is 5.69 Å². The molecule has 0 aliphatic heterocycles. The first-order valence-electron chi connectivity index (χ1n) is 7.59. The number of nitrogens with two attached hydrogens (primary N) is 1. The van der Waals surface area contributed by atoms with Crippen LogP contribution in [-0.2, 0) is 6.42 Å². The fraction of sp³-hybridized carbons (Fsp3) is 0.0556. The third kappa shape index (κ3) is 2.88. The molecule has 0 aliphatic carbocycles. The number of aromatic nitrogens is 3. The molecule has 0 amide bonds. The highest BCUT2D eigenvalue weighted by Gasteiger charge is 2.20. The molecular weight excluding hydrogens is 340 g/mol. The van der Waals surface area contributed by atoms with Crippen molar-refractivity contribution < 1.29 is 9.21 Å². The topological polar surface area (TPSA) is 97.8 Å². The van der Waals surface area contributed by atoms with Gasteiger partial charge in [-0.2, -0.15) is 5.10 Å². The molecule has 3 N–H and O–H groups in total. The predicted molar refractivity (Wildman–Crippen MR) is 95.5 cm³/mol. The molecule has 0 unspecified atom stereocenters. The predicted octanol–water partition coefficient (Wildman–Crippen LogP) is 3.88. The number of nitrogen functional groups attached to an aromatic ring is 1. The third-order valence-electron chi connectivity index (χ3n) is 3.85. The maximum absolute atomic E-state index is 12.5. The summed E-state index contributed by atoms with van der Waals surface area (Å²) in [6.07, 6.45) is 0.00112. The smallest absolute Gasteiger partial charge is 0.203 e. The molecule has 7 heteroatoms. The van der Waals surface area contributed by atoms with Gasteiger partial charge in [-0.15, -0.1) is 0 Å². The number of anilines is 1. The molecule has 6 nitrogen and oxygen atoms in total. The van der Waals surface area contributed by atoms with Crippen molar-refractivity contribution in [3.8, 4) is 11.3 Å². The Balaban J connectivity index is 1.61. The summed E-state index contributed by atoms with van der Waals surface area (Å²) in [6.45, 7) is 0. The number of ketones is 1. The van der Waals surface area contributed by atoms with E-state index in [1.54, 1.807) is 30.3 Å². The van der Waals surface area contributed by atoms with Crippen LogP contribution in [0.3, 0.4) is 0 Å². The Kier molecular flexibility index (Phi) is 3.74. The average molecular weight is 353 g/mol. The minimum atomic E-state index is -0.239. The molecule has 124 valence electrons. The molecule has 0 saturated heterocycles. The molecule has 25 heavy (non-hydrogen) atoms. The first kappa shape index (κ1) is 15.4. The van der Waals surface area contributed by atoms with E-state index in [0.717, 1.165) is 5.56 Å². The highest BCUT2D eigenvalue weighted by molar-refractivity contribution is 6.30. The molecule has 0 aliphatic rings. The first-order chi connectivity index (χ1) is 12.1. The van der Waals surface area contributed by atoms with E-state index in [-0.39, 0.29) is 17.9 Å². The van der Waals surface area contributed by atoms with E-state index in [2.05, 4.69) is 15.2 Å². The third-order valence-corrected chi connectivity index (χ3v) is 4.10. The zero-order chi connectivity index (χ0) is 17.4. The standard InChI is InChI=1S/C18H13ClN4O2/c19-11-7-5-10(6-8-11)17-16(20)18(23-22-17)13(24)9-15-21-12-3-1-2-4-14(12)25-15/h1-8H,9,20H2,(H,22,23). The lowest BCUT2D eigenvalue weighted by Crippen LogP contribution is -2.07. The van der Waals surface area contributed by atoms with Crippen molar-refractivity contribution in [3.63, 3.8) is 0 Å². The van der Waals surface area contributed by atoms with Gasteiger partial charge in [0.2, 0.25) is 5.89 Å². The number of carbonyl (C=O) groups is 1. The Bertz CT molecular complexity index is 1030. The van der Waals surface area contributed by atoms with Crippen molar-refractivity contribution in [1.29, 1.82) is 0 Å². The number of fused-ring (bicyclic) bond motifs is 1. The summed E-state index contributed by atoms with van der Waals surface area (Å²) in [4.78, 5) is 16.8. The minimum Gasteiger partial charge on any atom is -0.440 e. The first-order valence-corrected chi connectivity index (χ1v) is 7.97. The summed E-state index contributed by atoms with van der Waals surface area (Å²) in [5, 5.41) is 7.49. The van der Waals surface area contributed by atoms with Gasteiger partial charge in [0.1, 0.15) is 16.9 Å². The van der Waals surface area contributed by atoms with E-state index in [0.29, 0.717) is 33.4 Å². The highest BCUT2D eigenvalue weighted by Crippen LogP contribution is 2.28. The SMILES string of the molecule is Nc1c(-c2ccc(Cl)cc2)n[nH]c1C(=O)Cc1nc2ccccc2o1. The monoisotopic (exact) mass is 352 g/mol. The molecular formula is C18H13ClN4O2. The second-order valence-electron chi connectivity index (χ2n) is 5.54. The molecule has 0 atom stereocenters. The summed E-state index contributed by atoms with van der Waals surface area (Å²) in [5.74, 6) is 0.102. The van der Waals surface area contributed by atoms with E-state index in [1.165, 1.54) is 0 Å². The van der Waals surface area contributed by atoms with Gasteiger partial charge in [-0.3, -0.25) is 9.89 Å². The Morgan fingerprint density at radius 3 is 2.68 bits per heavy atom. The van der Waals surface area contributed by atoms with Gasteiger partial charge in [-0.1, -0.05) is 35.9 Å². The number of oxazole rings is 1. The van der Waals surface area contributed by atoms with Crippen molar-refractivity contribution in [2.24, 2.45) is 0 Å². The van der Waals surface area contributed by atoms with Crippen molar-refractivity contribution in [3.05, 3.63) is 65.1 Å². The van der Waals surface area contributed by atoms with E-state index in [1.807, 2.05) is 18.2 Å². The lowest BCUT2D eigenvalue weighted by Gasteiger charge is -2.00.